The lowest BCUT2D eigenvalue weighted by molar-refractivity contribution is 0.122. The molecule has 0 aliphatic carbocycles. The molecule has 146 valence electrons. The van der Waals surface area contributed by atoms with Gasteiger partial charge >= 0.3 is 0 Å². The van der Waals surface area contributed by atoms with Crippen molar-refractivity contribution in [3.8, 4) is 11.3 Å². The lowest BCUT2D eigenvalue weighted by Gasteiger charge is -2.29. The van der Waals surface area contributed by atoms with Crippen molar-refractivity contribution in [3.63, 3.8) is 0 Å². The van der Waals surface area contributed by atoms with E-state index in [1.54, 1.807) is 0 Å². The molecule has 4 aromatic rings. The molecule has 1 fully saturated rings. The van der Waals surface area contributed by atoms with Gasteiger partial charge in [-0.3, -0.25) is 9.38 Å². The maximum absolute atomic E-state index is 5.44. The van der Waals surface area contributed by atoms with Gasteiger partial charge in [0, 0.05) is 54.3 Å². The number of anilines is 3. The van der Waals surface area contributed by atoms with Crippen LogP contribution in [-0.4, -0.2) is 40.7 Å². The van der Waals surface area contributed by atoms with Gasteiger partial charge in [0.05, 0.1) is 24.6 Å². The summed E-state index contributed by atoms with van der Waals surface area (Å²) in [7, 11) is 0. The number of nitrogens with zero attached hydrogens (tertiary/aromatic N) is 4. The van der Waals surface area contributed by atoms with Crippen LogP contribution in [-0.2, 0) is 4.74 Å². The van der Waals surface area contributed by atoms with Gasteiger partial charge in [0.2, 0.25) is 0 Å². The molecule has 1 aromatic carbocycles. The van der Waals surface area contributed by atoms with Gasteiger partial charge in [-0.25, -0.2) is 4.98 Å². The number of morpholine rings is 1. The van der Waals surface area contributed by atoms with Crippen LogP contribution >= 0.6 is 0 Å². The fourth-order valence-electron chi connectivity index (χ4n) is 3.78. The average Bonchev–Trinajstić information content (AvgIpc) is 3.26. The second-order valence-electron chi connectivity index (χ2n) is 7.21. The number of benzene rings is 1. The van der Waals surface area contributed by atoms with E-state index in [1.165, 1.54) is 5.69 Å². The fourth-order valence-corrected chi connectivity index (χ4v) is 3.78. The van der Waals surface area contributed by atoms with E-state index in [4.69, 9.17) is 4.74 Å². The molecule has 29 heavy (non-hydrogen) atoms. The first-order valence-electron chi connectivity index (χ1n) is 9.87. The molecule has 0 radical (unpaired) electrons. The van der Waals surface area contributed by atoms with Crippen molar-refractivity contribution in [2.24, 2.45) is 0 Å². The highest BCUT2D eigenvalue weighted by atomic mass is 16.5. The molecular formula is C23H23N5O. The van der Waals surface area contributed by atoms with Crippen LogP contribution in [0, 0.1) is 6.92 Å². The fraction of sp³-hybridized carbons (Fsp3) is 0.217. The number of hydrogen-bond acceptors (Lipinski definition) is 5. The minimum absolute atomic E-state index is 0.793. The smallest absolute Gasteiger partial charge is 0.161 e. The quantitative estimate of drug-likeness (QED) is 0.568. The zero-order chi connectivity index (χ0) is 19.6. The third kappa shape index (κ3) is 3.54. The lowest BCUT2D eigenvalue weighted by atomic mass is 10.1. The molecule has 0 spiro atoms. The van der Waals surface area contributed by atoms with Crippen molar-refractivity contribution in [2.45, 2.75) is 6.92 Å². The zero-order valence-corrected chi connectivity index (χ0v) is 16.4. The van der Waals surface area contributed by atoms with E-state index in [-0.39, 0.29) is 0 Å². The Morgan fingerprint density at radius 1 is 0.931 bits per heavy atom. The summed E-state index contributed by atoms with van der Waals surface area (Å²) in [6, 6.07) is 16.9. The average molecular weight is 385 g/mol. The molecule has 0 atom stereocenters. The Morgan fingerprint density at radius 3 is 2.55 bits per heavy atom. The van der Waals surface area contributed by atoms with E-state index in [2.05, 4.69) is 67.0 Å². The Labute approximate surface area is 169 Å². The van der Waals surface area contributed by atoms with Crippen molar-refractivity contribution in [1.82, 2.24) is 14.4 Å². The number of hydrogen-bond donors (Lipinski definition) is 1. The molecule has 0 saturated carbocycles. The maximum atomic E-state index is 5.44. The molecule has 0 unspecified atom stereocenters. The Hall–Kier alpha value is -3.38. The molecule has 4 heterocycles. The van der Waals surface area contributed by atoms with E-state index in [0.717, 1.165) is 60.3 Å². The standard InChI is InChI=1S/C23H23N5O/c1-17-16-18(8-9-24-17)22-7-6-21(23-25-10-11-28(22)23)26-19-2-4-20(5-3-19)27-12-14-29-15-13-27/h2-11,16,26H,12-15H2,1H3. The number of rotatable bonds is 4. The highest BCUT2D eigenvalue weighted by molar-refractivity contribution is 5.78. The van der Waals surface area contributed by atoms with Gasteiger partial charge in [0.1, 0.15) is 0 Å². The van der Waals surface area contributed by atoms with Gasteiger partial charge in [-0.2, -0.15) is 0 Å². The third-order valence-electron chi connectivity index (χ3n) is 5.26. The van der Waals surface area contributed by atoms with E-state index in [1.807, 2.05) is 31.6 Å². The largest absolute Gasteiger partial charge is 0.378 e. The Balaban J connectivity index is 1.43. The van der Waals surface area contributed by atoms with Crippen LogP contribution in [0.1, 0.15) is 5.69 Å². The topological polar surface area (TPSA) is 54.7 Å². The van der Waals surface area contributed by atoms with Crippen LogP contribution in [0.3, 0.4) is 0 Å². The van der Waals surface area contributed by atoms with Gasteiger partial charge < -0.3 is 15.0 Å². The number of fused-ring (bicyclic) bond motifs is 1. The number of imidazole rings is 1. The molecule has 6 nitrogen and oxygen atoms in total. The second-order valence-corrected chi connectivity index (χ2v) is 7.21. The lowest BCUT2D eigenvalue weighted by Crippen LogP contribution is -2.36. The summed E-state index contributed by atoms with van der Waals surface area (Å²) in [5.74, 6) is 0. The number of aromatic nitrogens is 3. The van der Waals surface area contributed by atoms with E-state index in [9.17, 15) is 0 Å². The molecule has 1 aliphatic rings. The van der Waals surface area contributed by atoms with Gasteiger partial charge in [-0.05, 0) is 55.5 Å². The summed E-state index contributed by atoms with van der Waals surface area (Å²) >= 11 is 0. The first-order valence-corrected chi connectivity index (χ1v) is 9.87. The van der Waals surface area contributed by atoms with Crippen LogP contribution in [0.15, 0.2) is 67.1 Å². The van der Waals surface area contributed by atoms with Crippen molar-refractivity contribution in [3.05, 3.63) is 72.8 Å². The normalized spacial score (nSPS) is 14.3. The van der Waals surface area contributed by atoms with Gasteiger partial charge in [-0.15, -0.1) is 0 Å². The van der Waals surface area contributed by atoms with Crippen LogP contribution in [0.2, 0.25) is 0 Å². The highest BCUT2D eigenvalue weighted by Crippen LogP contribution is 2.28. The summed E-state index contributed by atoms with van der Waals surface area (Å²) in [5.41, 5.74) is 7.36. The van der Waals surface area contributed by atoms with Crippen molar-refractivity contribution in [2.75, 3.05) is 36.5 Å². The highest BCUT2D eigenvalue weighted by Gasteiger charge is 2.12. The summed E-state index contributed by atoms with van der Waals surface area (Å²) in [6.07, 6.45) is 5.67. The minimum Gasteiger partial charge on any atom is -0.378 e. The Bertz CT molecular complexity index is 1130. The predicted molar refractivity (Wildman–Crippen MR) is 116 cm³/mol. The summed E-state index contributed by atoms with van der Waals surface area (Å²) < 4.78 is 7.55. The summed E-state index contributed by atoms with van der Waals surface area (Å²) in [4.78, 5) is 11.2. The molecule has 0 amide bonds. The molecule has 1 N–H and O–H groups in total. The number of nitrogens with one attached hydrogen (secondary N) is 1. The van der Waals surface area contributed by atoms with E-state index < -0.39 is 0 Å². The molecule has 6 heteroatoms. The molecule has 3 aromatic heterocycles. The van der Waals surface area contributed by atoms with E-state index >= 15 is 0 Å². The molecule has 5 rings (SSSR count). The predicted octanol–water partition coefficient (Wildman–Crippen LogP) is 4.28. The van der Waals surface area contributed by atoms with Crippen LogP contribution in [0.4, 0.5) is 17.1 Å². The van der Waals surface area contributed by atoms with Gasteiger partial charge in [-0.1, -0.05) is 0 Å². The van der Waals surface area contributed by atoms with Gasteiger partial charge in [0.15, 0.2) is 5.65 Å². The Morgan fingerprint density at radius 2 is 1.76 bits per heavy atom. The van der Waals surface area contributed by atoms with Crippen molar-refractivity contribution < 1.29 is 4.74 Å². The maximum Gasteiger partial charge on any atom is 0.161 e. The first-order chi connectivity index (χ1) is 14.3. The first kappa shape index (κ1) is 17.7. The zero-order valence-electron chi connectivity index (χ0n) is 16.4. The van der Waals surface area contributed by atoms with Crippen LogP contribution in [0.5, 0.6) is 0 Å². The van der Waals surface area contributed by atoms with Crippen molar-refractivity contribution in [1.29, 1.82) is 0 Å². The minimum atomic E-state index is 0.793. The van der Waals surface area contributed by atoms with Crippen LogP contribution in [0.25, 0.3) is 16.9 Å². The number of pyridine rings is 2. The molecular weight excluding hydrogens is 362 g/mol. The van der Waals surface area contributed by atoms with Crippen LogP contribution < -0.4 is 10.2 Å². The molecule has 1 saturated heterocycles. The molecule has 0 bridgehead atoms. The summed E-state index contributed by atoms with van der Waals surface area (Å²) in [5, 5.41) is 3.51. The van der Waals surface area contributed by atoms with Gasteiger partial charge in [0.25, 0.3) is 0 Å². The van der Waals surface area contributed by atoms with E-state index in [0.29, 0.717) is 0 Å². The third-order valence-corrected chi connectivity index (χ3v) is 5.26. The van der Waals surface area contributed by atoms with Crippen molar-refractivity contribution >= 4 is 22.7 Å². The SMILES string of the molecule is Cc1cc(-c2ccc(Nc3ccc(N4CCOCC4)cc3)c3nccn23)ccn1. The second kappa shape index (κ2) is 7.56. The monoisotopic (exact) mass is 385 g/mol. The molecule has 1 aliphatic heterocycles. The number of aryl methyl sites for hydroxylation is 1. The summed E-state index contributed by atoms with van der Waals surface area (Å²) in [6.45, 7) is 5.47. The number of ether oxygens (including phenoxy) is 1. The Kier molecular flexibility index (Phi) is 4.62.